The van der Waals surface area contributed by atoms with Crippen LogP contribution in [0.3, 0.4) is 0 Å². The van der Waals surface area contributed by atoms with E-state index in [1.807, 2.05) is 0 Å². The van der Waals surface area contributed by atoms with Gasteiger partial charge in [0.1, 0.15) is 12.4 Å². The van der Waals surface area contributed by atoms with Crippen molar-refractivity contribution >= 4 is 17.7 Å². The monoisotopic (exact) mass is 251 g/mol. The Bertz CT molecular complexity index is 486. The van der Waals surface area contributed by atoms with Gasteiger partial charge >= 0.3 is 5.97 Å². The van der Waals surface area contributed by atoms with Gasteiger partial charge in [-0.15, -0.1) is 0 Å². The molecule has 98 valence electrons. The summed E-state index contributed by atoms with van der Waals surface area (Å²) in [6.07, 6.45) is 0. The zero-order valence-electron chi connectivity index (χ0n) is 10.7. The summed E-state index contributed by atoms with van der Waals surface area (Å²) in [7, 11) is 0. The Balaban J connectivity index is 3.35. The van der Waals surface area contributed by atoms with Crippen LogP contribution in [0.4, 0.5) is 5.82 Å². The summed E-state index contributed by atoms with van der Waals surface area (Å²) in [6, 6.07) is 1.75. The van der Waals surface area contributed by atoms with E-state index in [-0.39, 0.29) is 12.1 Å². The number of amides is 1. The zero-order chi connectivity index (χ0) is 13.9. The molecule has 0 aliphatic carbocycles. The molecule has 0 aliphatic rings. The number of carbonyl (C=O) groups is 2. The van der Waals surface area contributed by atoms with Gasteiger partial charge in [0.05, 0.1) is 5.56 Å². The van der Waals surface area contributed by atoms with E-state index in [1.165, 1.54) is 4.90 Å². The van der Waals surface area contributed by atoms with Gasteiger partial charge in [-0.05, 0) is 32.4 Å². The number of rotatable bonds is 5. The molecule has 18 heavy (non-hydrogen) atoms. The van der Waals surface area contributed by atoms with Crippen molar-refractivity contribution in [1.82, 2.24) is 4.98 Å². The van der Waals surface area contributed by atoms with Crippen LogP contribution in [0.2, 0.25) is 0 Å². The van der Waals surface area contributed by atoms with Gasteiger partial charge in [0, 0.05) is 12.2 Å². The molecular weight excluding hydrogens is 234 g/mol. The maximum Gasteiger partial charge on any atom is 0.323 e. The predicted molar refractivity (Wildman–Crippen MR) is 67.8 cm³/mol. The third-order valence-electron chi connectivity index (χ3n) is 2.58. The number of hydrogen-bond donors (Lipinski definition) is 2. The molecule has 0 radical (unpaired) electrons. The van der Waals surface area contributed by atoms with E-state index < -0.39 is 11.9 Å². The number of carboxylic acid groups (broad SMARTS) is 1. The van der Waals surface area contributed by atoms with Gasteiger partial charge in [0.15, 0.2) is 0 Å². The number of carbonyl (C=O) groups excluding carboxylic acids is 1. The summed E-state index contributed by atoms with van der Waals surface area (Å²) >= 11 is 0. The van der Waals surface area contributed by atoms with Crippen molar-refractivity contribution in [3.8, 4) is 0 Å². The number of nitrogens with two attached hydrogens (primary N) is 1. The van der Waals surface area contributed by atoms with Crippen LogP contribution in [0.25, 0.3) is 0 Å². The lowest BCUT2D eigenvalue weighted by atomic mass is 10.1. The quantitative estimate of drug-likeness (QED) is 0.803. The molecule has 1 amide bonds. The standard InChI is InChI=1S/C12H17N3O3/c1-4-15(6-9(16)17)12-10(11(13)18)7(2)5-8(3)14-12/h5H,4,6H2,1-3H3,(H2,13,18)(H,16,17). The first-order chi connectivity index (χ1) is 8.36. The number of aryl methyl sites for hydroxylation is 2. The molecule has 1 rings (SSSR count). The molecule has 0 bridgehead atoms. The van der Waals surface area contributed by atoms with E-state index in [9.17, 15) is 9.59 Å². The van der Waals surface area contributed by atoms with E-state index in [0.717, 1.165) is 5.69 Å². The minimum Gasteiger partial charge on any atom is -0.480 e. The number of likely N-dealkylation sites (N-methyl/N-ethyl adjacent to an activating group) is 1. The second-order valence-electron chi connectivity index (χ2n) is 4.05. The van der Waals surface area contributed by atoms with E-state index in [2.05, 4.69) is 4.98 Å². The van der Waals surface area contributed by atoms with Crippen LogP contribution >= 0.6 is 0 Å². The van der Waals surface area contributed by atoms with Gasteiger partial charge in [0.25, 0.3) is 5.91 Å². The number of pyridine rings is 1. The van der Waals surface area contributed by atoms with E-state index in [4.69, 9.17) is 10.8 Å². The van der Waals surface area contributed by atoms with Crippen LogP contribution in [-0.2, 0) is 4.79 Å². The van der Waals surface area contributed by atoms with Gasteiger partial charge < -0.3 is 15.7 Å². The molecule has 0 aromatic carbocycles. The minimum absolute atomic E-state index is 0.216. The van der Waals surface area contributed by atoms with Crippen molar-refractivity contribution in [3.63, 3.8) is 0 Å². The van der Waals surface area contributed by atoms with E-state index in [0.29, 0.717) is 17.9 Å². The van der Waals surface area contributed by atoms with Crippen LogP contribution in [0.5, 0.6) is 0 Å². The Morgan fingerprint density at radius 1 is 1.44 bits per heavy atom. The van der Waals surface area contributed by atoms with Crippen molar-refractivity contribution in [2.24, 2.45) is 5.73 Å². The summed E-state index contributed by atoms with van der Waals surface area (Å²) in [4.78, 5) is 28.0. The maximum absolute atomic E-state index is 11.5. The summed E-state index contributed by atoms with van der Waals surface area (Å²) in [5.41, 5.74) is 7.04. The molecule has 6 nitrogen and oxygen atoms in total. The Morgan fingerprint density at radius 3 is 2.50 bits per heavy atom. The van der Waals surface area contributed by atoms with Crippen LogP contribution < -0.4 is 10.6 Å². The van der Waals surface area contributed by atoms with Crippen LogP contribution in [-0.4, -0.2) is 35.1 Å². The van der Waals surface area contributed by atoms with Gasteiger partial charge in [-0.2, -0.15) is 0 Å². The second kappa shape index (κ2) is 5.48. The Morgan fingerprint density at radius 2 is 2.06 bits per heavy atom. The molecular formula is C12H17N3O3. The molecule has 3 N–H and O–H groups in total. The minimum atomic E-state index is -0.978. The van der Waals surface area contributed by atoms with Crippen molar-refractivity contribution in [1.29, 1.82) is 0 Å². The summed E-state index contributed by atoms with van der Waals surface area (Å²) in [5.74, 6) is -1.24. The Hall–Kier alpha value is -2.11. The first-order valence-electron chi connectivity index (χ1n) is 5.61. The van der Waals surface area contributed by atoms with Crippen LogP contribution in [0.1, 0.15) is 28.5 Å². The fourth-order valence-corrected chi connectivity index (χ4v) is 1.85. The Labute approximate surface area is 105 Å². The van der Waals surface area contributed by atoms with Crippen molar-refractivity contribution in [3.05, 3.63) is 22.9 Å². The molecule has 0 atom stereocenters. The zero-order valence-corrected chi connectivity index (χ0v) is 10.7. The summed E-state index contributed by atoms with van der Waals surface area (Å²) in [5, 5.41) is 8.86. The summed E-state index contributed by atoms with van der Waals surface area (Å²) in [6.45, 7) is 5.56. The normalized spacial score (nSPS) is 10.2. The topological polar surface area (TPSA) is 96.5 Å². The SMILES string of the molecule is CCN(CC(=O)O)c1nc(C)cc(C)c1C(N)=O. The number of carboxylic acids is 1. The first-order valence-corrected chi connectivity index (χ1v) is 5.61. The highest BCUT2D eigenvalue weighted by Gasteiger charge is 2.20. The number of aliphatic carboxylic acids is 1. The molecule has 0 fully saturated rings. The van der Waals surface area contributed by atoms with Crippen molar-refractivity contribution < 1.29 is 14.7 Å². The third-order valence-corrected chi connectivity index (χ3v) is 2.58. The van der Waals surface area contributed by atoms with E-state index in [1.54, 1.807) is 26.8 Å². The Kier molecular flexibility index (Phi) is 4.25. The molecule has 6 heteroatoms. The van der Waals surface area contributed by atoms with Crippen molar-refractivity contribution in [2.75, 3.05) is 18.0 Å². The van der Waals surface area contributed by atoms with Gasteiger partial charge in [-0.3, -0.25) is 9.59 Å². The molecule has 1 heterocycles. The van der Waals surface area contributed by atoms with Crippen LogP contribution in [0.15, 0.2) is 6.07 Å². The third kappa shape index (κ3) is 2.97. The second-order valence-corrected chi connectivity index (χ2v) is 4.05. The molecule has 0 spiro atoms. The average molecular weight is 251 g/mol. The molecule has 0 unspecified atom stereocenters. The van der Waals surface area contributed by atoms with Crippen molar-refractivity contribution in [2.45, 2.75) is 20.8 Å². The summed E-state index contributed by atoms with van der Waals surface area (Å²) < 4.78 is 0. The van der Waals surface area contributed by atoms with Crippen LogP contribution in [0, 0.1) is 13.8 Å². The molecule has 1 aromatic rings. The van der Waals surface area contributed by atoms with Gasteiger partial charge in [-0.25, -0.2) is 4.98 Å². The highest BCUT2D eigenvalue weighted by molar-refractivity contribution is 5.99. The lowest BCUT2D eigenvalue weighted by molar-refractivity contribution is -0.135. The fourth-order valence-electron chi connectivity index (χ4n) is 1.85. The molecule has 0 saturated heterocycles. The number of hydrogen-bond acceptors (Lipinski definition) is 4. The average Bonchev–Trinajstić information content (AvgIpc) is 2.23. The lowest BCUT2D eigenvalue weighted by Gasteiger charge is -2.23. The smallest absolute Gasteiger partial charge is 0.323 e. The predicted octanol–water partition coefficient (Wildman–Crippen LogP) is 0.708. The number of aromatic nitrogens is 1. The number of nitrogens with zero attached hydrogens (tertiary/aromatic N) is 2. The number of anilines is 1. The molecule has 0 saturated carbocycles. The highest BCUT2D eigenvalue weighted by Crippen LogP contribution is 2.22. The fraction of sp³-hybridized carbons (Fsp3) is 0.417. The molecule has 1 aromatic heterocycles. The van der Waals surface area contributed by atoms with E-state index >= 15 is 0 Å². The molecule has 0 aliphatic heterocycles. The van der Waals surface area contributed by atoms with Gasteiger partial charge in [0.2, 0.25) is 0 Å². The highest BCUT2D eigenvalue weighted by atomic mass is 16.4. The number of primary amides is 1. The largest absolute Gasteiger partial charge is 0.480 e. The lowest BCUT2D eigenvalue weighted by Crippen LogP contribution is -2.33. The maximum atomic E-state index is 11.5. The first kappa shape index (κ1) is 14.0. The van der Waals surface area contributed by atoms with Gasteiger partial charge in [-0.1, -0.05) is 0 Å².